The predicted octanol–water partition coefficient (Wildman–Crippen LogP) is 2.47. The van der Waals surface area contributed by atoms with Gasteiger partial charge in [-0.3, -0.25) is 4.79 Å². The SMILES string of the molecule is CO[C@@H](C)c1cccc(NC(=O)c2nnn(C3CCNCC3)c2C)c1. The molecule has 0 aliphatic carbocycles. The van der Waals surface area contributed by atoms with Gasteiger partial charge in [-0.15, -0.1) is 5.10 Å². The average molecular weight is 343 g/mol. The third-order valence-corrected chi connectivity index (χ3v) is 4.76. The van der Waals surface area contributed by atoms with Crippen molar-refractivity contribution < 1.29 is 9.53 Å². The van der Waals surface area contributed by atoms with Crippen molar-refractivity contribution >= 4 is 11.6 Å². The molecular weight excluding hydrogens is 318 g/mol. The first kappa shape index (κ1) is 17.6. The molecular formula is C18H25N5O2. The van der Waals surface area contributed by atoms with Crippen LogP contribution in [0.25, 0.3) is 0 Å². The van der Waals surface area contributed by atoms with Crippen molar-refractivity contribution in [3.05, 3.63) is 41.2 Å². The van der Waals surface area contributed by atoms with Crippen molar-refractivity contribution in [3.63, 3.8) is 0 Å². The van der Waals surface area contributed by atoms with E-state index in [-0.39, 0.29) is 12.0 Å². The molecule has 1 aliphatic heterocycles. The van der Waals surface area contributed by atoms with E-state index >= 15 is 0 Å². The van der Waals surface area contributed by atoms with E-state index in [2.05, 4.69) is 20.9 Å². The number of methoxy groups -OCH3 is 1. The summed E-state index contributed by atoms with van der Waals surface area (Å²) in [5.41, 5.74) is 2.92. The molecule has 1 aromatic carbocycles. The third-order valence-electron chi connectivity index (χ3n) is 4.76. The molecule has 1 amide bonds. The van der Waals surface area contributed by atoms with Crippen LogP contribution >= 0.6 is 0 Å². The number of amides is 1. The third kappa shape index (κ3) is 3.88. The Morgan fingerprint density at radius 3 is 2.88 bits per heavy atom. The molecule has 2 N–H and O–H groups in total. The summed E-state index contributed by atoms with van der Waals surface area (Å²) >= 11 is 0. The van der Waals surface area contributed by atoms with Crippen molar-refractivity contribution in [3.8, 4) is 0 Å². The summed E-state index contributed by atoms with van der Waals surface area (Å²) in [6.45, 7) is 5.81. The van der Waals surface area contributed by atoms with Gasteiger partial charge in [-0.05, 0) is 57.5 Å². The predicted molar refractivity (Wildman–Crippen MR) is 95.7 cm³/mol. The number of rotatable bonds is 5. The second-order valence-electron chi connectivity index (χ2n) is 6.41. The first-order chi connectivity index (χ1) is 12.1. The van der Waals surface area contributed by atoms with Crippen LogP contribution in [0.5, 0.6) is 0 Å². The molecule has 25 heavy (non-hydrogen) atoms. The van der Waals surface area contributed by atoms with E-state index < -0.39 is 0 Å². The Labute approximate surface area is 147 Å². The van der Waals surface area contributed by atoms with E-state index in [0.29, 0.717) is 11.7 Å². The van der Waals surface area contributed by atoms with Crippen LogP contribution in [0, 0.1) is 6.92 Å². The van der Waals surface area contributed by atoms with Crippen LogP contribution in [-0.4, -0.2) is 41.1 Å². The lowest BCUT2D eigenvalue weighted by Crippen LogP contribution is -2.30. The molecule has 134 valence electrons. The van der Waals surface area contributed by atoms with Crippen molar-refractivity contribution in [1.29, 1.82) is 0 Å². The Hall–Kier alpha value is -2.25. The lowest BCUT2D eigenvalue weighted by molar-refractivity contribution is 0.102. The Bertz CT molecular complexity index is 737. The summed E-state index contributed by atoms with van der Waals surface area (Å²) in [4.78, 5) is 12.6. The Balaban J connectivity index is 1.74. The van der Waals surface area contributed by atoms with Gasteiger partial charge in [0.1, 0.15) is 0 Å². The average Bonchev–Trinajstić information content (AvgIpc) is 3.03. The van der Waals surface area contributed by atoms with Crippen LogP contribution in [0.2, 0.25) is 0 Å². The summed E-state index contributed by atoms with van der Waals surface area (Å²) in [6.07, 6.45) is 1.98. The fourth-order valence-corrected chi connectivity index (χ4v) is 3.14. The van der Waals surface area contributed by atoms with Gasteiger partial charge in [-0.1, -0.05) is 17.3 Å². The lowest BCUT2D eigenvalue weighted by atomic mass is 10.1. The van der Waals surface area contributed by atoms with Crippen molar-refractivity contribution in [2.75, 3.05) is 25.5 Å². The van der Waals surface area contributed by atoms with E-state index in [9.17, 15) is 4.79 Å². The van der Waals surface area contributed by atoms with Crippen LogP contribution < -0.4 is 10.6 Å². The molecule has 0 spiro atoms. The molecule has 0 unspecified atom stereocenters. The van der Waals surface area contributed by atoms with Crippen LogP contribution in [0.1, 0.15) is 53.7 Å². The van der Waals surface area contributed by atoms with Crippen molar-refractivity contribution in [1.82, 2.24) is 20.3 Å². The Kier molecular flexibility index (Phi) is 5.45. The maximum Gasteiger partial charge on any atom is 0.278 e. The fraction of sp³-hybridized carbons (Fsp3) is 0.500. The van der Waals surface area contributed by atoms with Crippen molar-refractivity contribution in [2.45, 2.75) is 38.8 Å². The highest BCUT2D eigenvalue weighted by Gasteiger charge is 2.23. The molecule has 7 nitrogen and oxygen atoms in total. The van der Waals surface area contributed by atoms with Gasteiger partial charge in [0, 0.05) is 12.8 Å². The van der Waals surface area contributed by atoms with Crippen molar-refractivity contribution in [2.24, 2.45) is 0 Å². The zero-order valence-electron chi connectivity index (χ0n) is 15.0. The minimum Gasteiger partial charge on any atom is -0.377 e. The maximum absolute atomic E-state index is 12.6. The largest absolute Gasteiger partial charge is 0.377 e. The number of piperidine rings is 1. The first-order valence-electron chi connectivity index (χ1n) is 8.66. The monoisotopic (exact) mass is 343 g/mol. The smallest absolute Gasteiger partial charge is 0.278 e. The number of hydrogen-bond acceptors (Lipinski definition) is 5. The molecule has 0 bridgehead atoms. The molecule has 1 fully saturated rings. The van der Waals surface area contributed by atoms with E-state index in [1.54, 1.807) is 7.11 Å². The van der Waals surface area contributed by atoms with Crippen LogP contribution in [0.4, 0.5) is 5.69 Å². The summed E-state index contributed by atoms with van der Waals surface area (Å²) in [7, 11) is 1.67. The van der Waals surface area contributed by atoms with E-state index in [0.717, 1.165) is 42.9 Å². The summed E-state index contributed by atoms with van der Waals surface area (Å²) < 4.78 is 7.22. The van der Waals surface area contributed by atoms with Gasteiger partial charge in [0.15, 0.2) is 5.69 Å². The molecule has 1 aromatic heterocycles. The number of aromatic nitrogens is 3. The molecule has 2 aromatic rings. The zero-order valence-corrected chi connectivity index (χ0v) is 15.0. The number of nitrogens with zero attached hydrogens (tertiary/aromatic N) is 3. The van der Waals surface area contributed by atoms with Gasteiger partial charge in [-0.25, -0.2) is 4.68 Å². The normalized spacial score (nSPS) is 16.6. The number of nitrogens with one attached hydrogen (secondary N) is 2. The minimum absolute atomic E-state index is 0.0284. The molecule has 1 saturated heterocycles. The van der Waals surface area contributed by atoms with E-state index in [4.69, 9.17) is 4.74 Å². The second-order valence-corrected chi connectivity index (χ2v) is 6.41. The molecule has 2 heterocycles. The van der Waals surface area contributed by atoms with Gasteiger partial charge in [0.25, 0.3) is 5.91 Å². The van der Waals surface area contributed by atoms with Crippen LogP contribution in [-0.2, 0) is 4.74 Å². The summed E-state index contributed by atoms with van der Waals surface area (Å²) in [5, 5.41) is 14.6. The molecule has 0 radical (unpaired) electrons. The lowest BCUT2D eigenvalue weighted by Gasteiger charge is -2.23. The number of ether oxygens (including phenoxy) is 1. The van der Waals surface area contributed by atoms with Gasteiger partial charge in [-0.2, -0.15) is 0 Å². The van der Waals surface area contributed by atoms with E-state index in [1.165, 1.54) is 0 Å². The molecule has 0 saturated carbocycles. The highest BCUT2D eigenvalue weighted by atomic mass is 16.5. The molecule has 7 heteroatoms. The number of carbonyl (C=O) groups is 1. The number of benzene rings is 1. The van der Waals surface area contributed by atoms with Crippen LogP contribution in [0.3, 0.4) is 0 Å². The van der Waals surface area contributed by atoms with Gasteiger partial charge in [0.05, 0.1) is 17.8 Å². The zero-order chi connectivity index (χ0) is 17.8. The Morgan fingerprint density at radius 2 is 2.16 bits per heavy atom. The number of carbonyl (C=O) groups excluding carboxylic acids is 1. The highest BCUT2D eigenvalue weighted by molar-refractivity contribution is 6.03. The van der Waals surface area contributed by atoms with Gasteiger partial charge < -0.3 is 15.4 Å². The summed E-state index contributed by atoms with van der Waals surface area (Å²) in [6, 6.07) is 7.96. The Morgan fingerprint density at radius 1 is 1.40 bits per heavy atom. The number of hydrogen-bond donors (Lipinski definition) is 2. The van der Waals surface area contributed by atoms with Crippen LogP contribution in [0.15, 0.2) is 24.3 Å². The van der Waals surface area contributed by atoms with Gasteiger partial charge >= 0.3 is 0 Å². The van der Waals surface area contributed by atoms with Gasteiger partial charge in [0.2, 0.25) is 0 Å². The number of anilines is 1. The van der Waals surface area contributed by atoms with E-state index in [1.807, 2.05) is 42.8 Å². The summed E-state index contributed by atoms with van der Waals surface area (Å²) in [5.74, 6) is -0.236. The topological polar surface area (TPSA) is 81.1 Å². The minimum atomic E-state index is -0.236. The second kappa shape index (κ2) is 7.76. The first-order valence-corrected chi connectivity index (χ1v) is 8.66. The highest BCUT2D eigenvalue weighted by Crippen LogP contribution is 2.22. The fourth-order valence-electron chi connectivity index (χ4n) is 3.14. The molecule has 3 rings (SSSR count). The standard InChI is InChI=1S/C18H25N5O2/c1-12-17(21-22-23(12)16-7-9-19-10-8-16)18(24)20-15-6-4-5-14(11-15)13(2)25-3/h4-6,11,13,16,19H,7-10H2,1-3H3,(H,20,24)/t13-/m0/s1. The molecule has 1 atom stereocenters. The maximum atomic E-state index is 12.6. The molecule has 1 aliphatic rings. The quantitative estimate of drug-likeness (QED) is 0.872.